The number of carbonyl (C=O) groups is 1. The van der Waals surface area contributed by atoms with Crippen LogP contribution in [0.1, 0.15) is 32.6 Å². The van der Waals surface area contributed by atoms with Gasteiger partial charge >= 0.3 is 0 Å². The molecule has 3 N–H and O–H groups in total. The molecule has 0 spiro atoms. The Morgan fingerprint density at radius 1 is 1.55 bits per heavy atom. The maximum atomic E-state index is 10.7. The summed E-state index contributed by atoms with van der Waals surface area (Å²) in [5.74, 6) is 0.0594. The lowest BCUT2D eigenvalue weighted by Crippen LogP contribution is -2.41. The topological polar surface area (TPSA) is 55.1 Å². The van der Waals surface area contributed by atoms with Crippen molar-refractivity contribution in [1.82, 2.24) is 5.32 Å². The molecule has 0 heterocycles. The third-order valence-electron chi connectivity index (χ3n) is 2.12. The van der Waals surface area contributed by atoms with E-state index in [-0.39, 0.29) is 5.91 Å². The Hall–Kier alpha value is -0.570. The Balaban J connectivity index is 2.28. The molecule has 0 bridgehead atoms. The highest BCUT2D eigenvalue weighted by atomic mass is 16.1. The SMILES string of the molecule is CC(=O)N[C@@H]1CCC[C@H](N)C1. The van der Waals surface area contributed by atoms with E-state index < -0.39 is 0 Å². The van der Waals surface area contributed by atoms with E-state index in [9.17, 15) is 4.79 Å². The van der Waals surface area contributed by atoms with Crippen LogP contribution in [0.4, 0.5) is 0 Å². The van der Waals surface area contributed by atoms with Crippen LogP contribution in [0.2, 0.25) is 0 Å². The molecule has 1 rings (SSSR count). The standard InChI is InChI=1S/C8H16N2O/c1-6(11)10-8-4-2-3-7(9)5-8/h7-8H,2-5,9H2,1H3,(H,10,11)/t7-,8+/m0/s1. The lowest BCUT2D eigenvalue weighted by Gasteiger charge is -2.26. The summed E-state index contributed by atoms with van der Waals surface area (Å²) in [5.41, 5.74) is 5.75. The highest BCUT2D eigenvalue weighted by molar-refractivity contribution is 5.73. The predicted molar refractivity (Wildman–Crippen MR) is 44.0 cm³/mol. The normalized spacial score (nSPS) is 31.5. The van der Waals surface area contributed by atoms with E-state index in [1.165, 1.54) is 0 Å². The van der Waals surface area contributed by atoms with Crippen LogP contribution in [0, 0.1) is 0 Å². The molecule has 0 aromatic carbocycles. The highest BCUT2D eigenvalue weighted by Gasteiger charge is 2.18. The molecule has 1 aliphatic rings. The molecule has 3 nitrogen and oxygen atoms in total. The Labute approximate surface area is 67.3 Å². The molecule has 1 amide bonds. The Morgan fingerprint density at radius 2 is 2.27 bits per heavy atom. The van der Waals surface area contributed by atoms with Crippen molar-refractivity contribution in [2.75, 3.05) is 0 Å². The number of hydrogen-bond acceptors (Lipinski definition) is 2. The van der Waals surface area contributed by atoms with Crippen LogP contribution in [0.25, 0.3) is 0 Å². The summed E-state index contributed by atoms with van der Waals surface area (Å²) in [4.78, 5) is 10.7. The smallest absolute Gasteiger partial charge is 0.217 e. The van der Waals surface area contributed by atoms with Gasteiger partial charge in [-0.2, -0.15) is 0 Å². The monoisotopic (exact) mass is 156 g/mol. The van der Waals surface area contributed by atoms with Crippen LogP contribution in [-0.2, 0) is 4.79 Å². The van der Waals surface area contributed by atoms with Crippen LogP contribution in [0.5, 0.6) is 0 Å². The van der Waals surface area contributed by atoms with Crippen molar-refractivity contribution in [3.63, 3.8) is 0 Å². The van der Waals surface area contributed by atoms with E-state index in [0.29, 0.717) is 12.1 Å². The lowest BCUT2D eigenvalue weighted by atomic mass is 9.92. The first kappa shape index (κ1) is 8.53. The fourth-order valence-corrected chi connectivity index (χ4v) is 1.65. The minimum Gasteiger partial charge on any atom is -0.354 e. The molecule has 0 aliphatic heterocycles. The summed E-state index contributed by atoms with van der Waals surface area (Å²) in [6, 6.07) is 0.622. The number of nitrogens with two attached hydrogens (primary N) is 1. The van der Waals surface area contributed by atoms with Gasteiger partial charge in [-0.05, 0) is 25.7 Å². The Morgan fingerprint density at radius 3 is 2.82 bits per heavy atom. The number of nitrogens with one attached hydrogen (secondary N) is 1. The zero-order valence-corrected chi connectivity index (χ0v) is 6.97. The summed E-state index contributed by atoms with van der Waals surface area (Å²) in [5, 5.41) is 2.89. The summed E-state index contributed by atoms with van der Waals surface area (Å²) in [6.45, 7) is 1.56. The summed E-state index contributed by atoms with van der Waals surface area (Å²) in [7, 11) is 0. The molecule has 0 aromatic rings. The van der Waals surface area contributed by atoms with Crippen molar-refractivity contribution >= 4 is 5.91 Å². The minimum atomic E-state index is 0.0594. The fraction of sp³-hybridized carbons (Fsp3) is 0.875. The second-order valence-electron chi connectivity index (χ2n) is 3.32. The van der Waals surface area contributed by atoms with Crippen LogP contribution in [0.15, 0.2) is 0 Å². The molecule has 3 heteroatoms. The van der Waals surface area contributed by atoms with Gasteiger partial charge in [-0.1, -0.05) is 0 Å². The number of rotatable bonds is 1. The van der Waals surface area contributed by atoms with Gasteiger partial charge in [0.15, 0.2) is 0 Å². The van der Waals surface area contributed by atoms with Crippen molar-refractivity contribution in [2.24, 2.45) is 5.73 Å². The van der Waals surface area contributed by atoms with Crippen molar-refractivity contribution in [1.29, 1.82) is 0 Å². The lowest BCUT2D eigenvalue weighted by molar-refractivity contribution is -0.119. The minimum absolute atomic E-state index is 0.0594. The van der Waals surface area contributed by atoms with E-state index in [1.54, 1.807) is 6.92 Å². The molecule has 2 atom stereocenters. The number of amides is 1. The molecule has 0 aromatic heterocycles. The number of carbonyl (C=O) groups excluding carboxylic acids is 1. The quantitative estimate of drug-likeness (QED) is 0.577. The third kappa shape index (κ3) is 2.89. The molecular formula is C8H16N2O. The van der Waals surface area contributed by atoms with Gasteiger partial charge < -0.3 is 11.1 Å². The molecule has 0 unspecified atom stereocenters. The second kappa shape index (κ2) is 3.72. The molecule has 0 radical (unpaired) electrons. The van der Waals surface area contributed by atoms with Gasteiger partial charge in [0.05, 0.1) is 0 Å². The van der Waals surface area contributed by atoms with Crippen molar-refractivity contribution in [3.05, 3.63) is 0 Å². The molecule has 64 valence electrons. The molecule has 1 saturated carbocycles. The molecule has 11 heavy (non-hydrogen) atoms. The highest BCUT2D eigenvalue weighted by Crippen LogP contribution is 2.16. The van der Waals surface area contributed by atoms with Crippen LogP contribution >= 0.6 is 0 Å². The maximum absolute atomic E-state index is 10.7. The van der Waals surface area contributed by atoms with Gasteiger partial charge in [0.1, 0.15) is 0 Å². The third-order valence-corrected chi connectivity index (χ3v) is 2.12. The summed E-state index contributed by atoms with van der Waals surface area (Å²) >= 11 is 0. The van der Waals surface area contributed by atoms with Crippen molar-refractivity contribution in [3.8, 4) is 0 Å². The molecule has 1 fully saturated rings. The van der Waals surface area contributed by atoms with Gasteiger partial charge in [-0.25, -0.2) is 0 Å². The second-order valence-corrected chi connectivity index (χ2v) is 3.32. The zero-order chi connectivity index (χ0) is 8.27. The summed E-state index contributed by atoms with van der Waals surface area (Å²) in [6.07, 6.45) is 4.29. The van der Waals surface area contributed by atoms with E-state index in [1.807, 2.05) is 0 Å². The average Bonchev–Trinajstić information content (AvgIpc) is 1.85. The van der Waals surface area contributed by atoms with Crippen LogP contribution in [-0.4, -0.2) is 18.0 Å². The van der Waals surface area contributed by atoms with E-state index in [2.05, 4.69) is 5.32 Å². The van der Waals surface area contributed by atoms with Gasteiger partial charge in [0.2, 0.25) is 5.91 Å². The predicted octanol–water partition coefficient (Wildman–Crippen LogP) is 0.392. The van der Waals surface area contributed by atoms with Gasteiger partial charge in [0.25, 0.3) is 0 Å². The Kier molecular flexibility index (Phi) is 2.88. The Bertz CT molecular complexity index is 147. The maximum Gasteiger partial charge on any atom is 0.217 e. The average molecular weight is 156 g/mol. The largest absolute Gasteiger partial charge is 0.354 e. The first-order valence-electron chi connectivity index (χ1n) is 4.21. The molecule has 1 aliphatic carbocycles. The van der Waals surface area contributed by atoms with Crippen LogP contribution < -0.4 is 11.1 Å². The van der Waals surface area contributed by atoms with Gasteiger partial charge in [-0.3, -0.25) is 4.79 Å². The first-order valence-corrected chi connectivity index (χ1v) is 4.21. The van der Waals surface area contributed by atoms with Crippen molar-refractivity contribution < 1.29 is 4.79 Å². The van der Waals surface area contributed by atoms with Crippen molar-refractivity contribution in [2.45, 2.75) is 44.7 Å². The summed E-state index contributed by atoms with van der Waals surface area (Å²) < 4.78 is 0. The molecule has 0 saturated heterocycles. The van der Waals surface area contributed by atoms with E-state index >= 15 is 0 Å². The van der Waals surface area contributed by atoms with E-state index in [0.717, 1.165) is 25.7 Å². The molecular weight excluding hydrogens is 140 g/mol. The van der Waals surface area contributed by atoms with Crippen LogP contribution in [0.3, 0.4) is 0 Å². The first-order chi connectivity index (χ1) is 5.18. The van der Waals surface area contributed by atoms with Gasteiger partial charge in [-0.15, -0.1) is 0 Å². The van der Waals surface area contributed by atoms with Gasteiger partial charge in [0, 0.05) is 19.0 Å². The zero-order valence-electron chi connectivity index (χ0n) is 6.97. The van der Waals surface area contributed by atoms with E-state index in [4.69, 9.17) is 5.73 Å². The fourth-order valence-electron chi connectivity index (χ4n) is 1.65. The number of hydrogen-bond donors (Lipinski definition) is 2.